The zero-order valence-corrected chi connectivity index (χ0v) is 10.0. The Kier molecular flexibility index (Phi) is 3.93. The molecule has 1 fully saturated rings. The average molecular weight is 234 g/mol. The fourth-order valence-corrected chi connectivity index (χ4v) is 1.91. The van der Waals surface area contributed by atoms with Crippen molar-refractivity contribution in [2.24, 2.45) is 0 Å². The molecule has 0 aliphatic carbocycles. The zero-order chi connectivity index (χ0) is 12.1. The van der Waals surface area contributed by atoms with Crippen LogP contribution in [0.25, 0.3) is 0 Å². The van der Waals surface area contributed by atoms with E-state index in [2.05, 4.69) is 22.5 Å². The van der Waals surface area contributed by atoms with Crippen LogP contribution in [0.2, 0.25) is 0 Å². The maximum Gasteiger partial charge on any atom is 0.317 e. The summed E-state index contributed by atoms with van der Waals surface area (Å²) in [5.41, 5.74) is 1.21. The highest BCUT2D eigenvalue weighted by atomic mass is 16.2. The quantitative estimate of drug-likeness (QED) is 0.790. The molecule has 2 heterocycles. The number of carbonyl (C=O) groups is 1. The van der Waals surface area contributed by atoms with E-state index in [1.807, 2.05) is 17.0 Å². The Morgan fingerprint density at radius 1 is 1.53 bits per heavy atom. The highest BCUT2D eigenvalue weighted by molar-refractivity contribution is 5.76. The lowest BCUT2D eigenvalue weighted by Gasteiger charge is -2.18. The maximum absolute atomic E-state index is 11.3. The van der Waals surface area contributed by atoms with Gasteiger partial charge in [0, 0.05) is 44.6 Å². The van der Waals surface area contributed by atoms with Gasteiger partial charge < -0.3 is 15.5 Å². The zero-order valence-electron chi connectivity index (χ0n) is 10.0. The minimum Gasteiger partial charge on any atom is -0.336 e. The first-order valence-electron chi connectivity index (χ1n) is 5.93. The minimum absolute atomic E-state index is 0.0448. The Morgan fingerprint density at radius 3 is 2.94 bits per heavy atom. The van der Waals surface area contributed by atoms with E-state index in [-0.39, 0.29) is 12.1 Å². The topological polar surface area (TPSA) is 57.3 Å². The average Bonchev–Trinajstić information content (AvgIpc) is 2.76. The van der Waals surface area contributed by atoms with Crippen LogP contribution in [0.4, 0.5) is 4.79 Å². The van der Waals surface area contributed by atoms with E-state index < -0.39 is 0 Å². The SMILES string of the molecule is CC(NCCN1CCNC1=O)c1ccncc1. The Balaban J connectivity index is 1.73. The van der Waals surface area contributed by atoms with Crippen LogP contribution in [0.3, 0.4) is 0 Å². The van der Waals surface area contributed by atoms with Gasteiger partial charge in [0.15, 0.2) is 0 Å². The predicted molar refractivity (Wildman–Crippen MR) is 65.6 cm³/mol. The van der Waals surface area contributed by atoms with E-state index in [1.54, 1.807) is 12.4 Å². The Morgan fingerprint density at radius 2 is 2.29 bits per heavy atom. The van der Waals surface area contributed by atoms with E-state index >= 15 is 0 Å². The summed E-state index contributed by atoms with van der Waals surface area (Å²) in [7, 11) is 0. The summed E-state index contributed by atoms with van der Waals surface area (Å²) in [4.78, 5) is 17.1. The highest BCUT2D eigenvalue weighted by Crippen LogP contribution is 2.09. The molecule has 0 bridgehead atoms. The maximum atomic E-state index is 11.3. The largest absolute Gasteiger partial charge is 0.336 e. The molecule has 2 rings (SSSR count). The van der Waals surface area contributed by atoms with E-state index in [1.165, 1.54) is 5.56 Å². The lowest BCUT2D eigenvalue weighted by molar-refractivity contribution is 0.217. The summed E-state index contributed by atoms with van der Waals surface area (Å²) in [6, 6.07) is 4.33. The normalized spacial score (nSPS) is 17.0. The van der Waals surface area contributed by atoms with E-state index in [4.69, 9.17) is 0 Å². The second-order valence-electron chi connectivity index (χ2n) is 4.18. The molecule has 1 aliphatic rings. The van der Waals surface area contributed by atoms with Gasteiger partial charge in [-0.05, 0) is 24.6 Å². The molecule has 1 atom stereocenters. The molecule has 1 aromatic rings. The lowest BCUT2D eigenvalue weighted by atomic mass is 10.1. The molecule has 0 saturated carbocycles. The van der Waals surface area contributed by atoms with Crippen LogP contribution in [-0.4, -0.2) is 42.1 Å². The molecule has 17 heavy (non-hydrogen) atoms. The molecule has 5 heteroatoms. The molecule has 1 aliphatic heterocycles. The van der Waals surface area contributed by atoms with Gasteiger partial charge in [-0.1, -0.05) is 0 Å². The number of pyridine rings is 1. The van der Waals surface area contributed by atoms with Crippen LogP contribution in [-0.2, 0) is 0 Å². The van der Waals surface area contributed by atoms with Crippen molar-refractivity contribution in [2.45, 2.75) is 13.0 Å². The second kappa shape index (κ2) is 5.63. The van der Waals surface area contributed by atoms with Crippen molar-refractivity contribution in [1.82, 2.24) is 20.5 Å². The number of carbonyl (C=O) groups excluding carboxylic acids is 1. The first-order chi connectivity index (χ1) is 8.27. The number of aromatic nitrogens is 1. The molecule has 1 saturated heterocycles. The summed E-state index contributed by atoms with van der Waals surface area (Å²) in [6.07, 6.45) is 3.59. The van der Waals surface area contributed by atoms with E-state index in [0.29, 0.717) is 0 Å². The molecule has 1 unspecified atom stereocenters. The standard InChI is InChI=1S/C12H18N4O/c1-10(11-2-4-13-5-3-11)14-6-8-16-9-7-15-12(16)17/h2-5,10,14H,6-9H2,1H3,(H,15,17). The smallest absolute Gasteiger partial charge is 0.317 e. The minimum atomic E-state index is 0.0448. The van der Waals surface area contributed by atoms with E-state index in [0.717, 1.165) is 26.2 Å². The van der Waals surface area contributed by atoms with Gasteiger partial charge in [0.25, 0.3) is 0 Å². The third-order valence-electron chi connectivity index (χ3n) is 2.98. The summed E-state index contributed by atoms with van der Waals surface area (Å²) < 4.78 is 0. The monoisotopic (exact) mass is 234 g/mol. The van der Waals surface area contributed by atoms with Gasteiger partial charge >= 0.3 is 6.03 Å². The Bertz CT molecular complexity index is 368. The number of urea groups is 1. The van der Waals surface area contributed by atoms with Gasteiger partial charge in [-0.25, -0.2) is 4.79 Å². The first-order valence-corrected chi connectivity index (χ1v) is 5.93. The fourth-order valence-electron chi connectivity index (χ4n) is 1.91. The Hall–Kier alpha value is -1.62. The van der Waals surface area contributed by atoms with Crippen molar-refractivity contribution in [2.75, 3.05) is 26.2 Å². The summed E-state index contributed by atoms with van der Waals surface area (Å²) in [5, 5.41) is 6.19. The number of nitrogens with one attached hydrogen (secondary N) is 2. The van der Waals surface area contributed by atoms with Crippen LogP contribution < -0.4 is 10.6 Å². The van der Waals surface area contributed by atoms with Gasteiger partial charge in [-0.15, -0.1) is 0 Å². The van der Waals surface area contributed by atoms with Crippen LogP contribution in [0.5, 0.6) is 0 Å². The lowest BCUT2D eigenvalue weighted by Crippen LogP contribution is -2.35. The number of nitrogens with zero attached hydrogens (tertiary/aromatic N) is 2. The van der Waals surface area contributed by atoms with Crippen molar-refractivity contribution < 1.29 is 4.79 Å². The summed E-state index contributed by atoms with van der Waals surface area (Å²) in [5.74, 6) is 0. The molecule has 92 valence electrons. The third kappa shape index (κ3) is 3.17. The summed E-state index contributed by atoms with van der Waals surface area (Å²) >= 11 is 0. The number of rotatable bonds is 5. The third-order valence-corrected chi connectivity index (χ3v) is 2.98. The van der Waals surface area contributed by atoms with Crippen molar-refractivity contribution in [3.63, 3.8) is 0 Å². The van der Waals surface area contributed by atoms with Crippen LogP contribution >= 0.6 is 0 Å². The molecular weight excluding hydrogens is 216 g/mol. The molecule has 1 aromatic heterocycles. The van der Waals surface area contributed by atoms with Crippen LogP contribution in [0.1, 0.15) is 18.5 Å². The molecule has 0 aromatic carbocycles. The van der Waals surface area contributed by atoms with Crippen LogP contribution in [0.15, 0.2) is 24.5 Å². The van der Waals surface area contributed by atoms with Gasteiger partial charge in [-0.2, -0.15) is 0 Å². The molecule has 5 nitrogen and oxygen atoms in total. The fraction of sp³-hybridized carbons (Fsp3) is 0.500. The predicted octanol–water partition coefficient (Wildman–Crippen LogP) is 0.757. The first kappa shape index (κ1) is 11.9. The molecule has 0 radical (unpaired) electrons. The van der Waals surface area contributed by atoms with Crippen molar-refractivity contribution in [3.05, 3.63) is 30.1 Å². The number of hydrogen-bond donors (Lipinski definition) is 2. The molecular formula is C12H18N4O. The second-order valence-corrected chi connectivity index (χ2v) is 4.18. The van der Waals surface area contributed by atoms with E-state index in [9.17, 15) is 4.79 Å². The van der Waals surface area contributed by atoms with Crippen molar-refractivity contribution >= 4 is 6.03 Å². The van der Waals surface area contributed by atoms with Crippen molar-refractivity contribution in [3.8, 4) is 0 Å². The van der Waals surface area contributed by atoms with Crippen LogP contribution in [0, 0.1) is 0 Å². The number of hydrogen-bond acceptors (Lipinski definition) is 3. The highest BCUT2D eigenvalue weighted by Gasteiger charge is 2.18. The molecule has 2 amide bonds. The van der Waals surface area contributed by atoms with Gasteiger partial charge in [-0.3, -0.25) is 4.98 Å². The Labute approximate surface area is 101 Å². The van der Waals surface area contributed by atoms with Gasteiger partial charge in [0.1, 0.15) is 0 Å². The van der Waals surface area contributed by atoms with Crippen molar-refractivity contribution in [1.29, 1.82) is 0 Å². The molecule has 0 spiro atoms. The molecule has 2 N–H and O–H groups in total. The number of amides is 2. The summed E-state index contributed by atoms with van der Waals surface area (Å²) in [6.45, 7) is 5.24. The van der Waals surface area contributed by atoms with Gasteiger partial charge in [0.2, 0.25) is 0 Å². The van der Waals surface area contributed by atoms with Gasteiger partial charge in [0.05, 0.1) is 0 Å².